The zero-order chi connectivity index (χ0) is 13.3. The first kappa shape index (κ1) is 16.4. The molecule has 3 nitrogen and oxygen atoms in total. The van der Waals surface area contributed by atoms with Gasteiger partial charge in [-0.2, -0.15) is 5.26 Å². The molecule has 0 aliphatic heterocycles. The Morgan fingerprint density at radius 3 is 2.47 bits per heavy atom. The van der Waals surface area contributed by atoms with Gasteiger partial charge in [-0.3, -0.25) is 5.32 Å². The summed E-state index contributed by atoms with van der Waals surface area (Å²) in [5, 5.41) is 12.5. The van der Waals surface area contributed by atoms with Crippen LogP contribution in [0.1, 0.15) is 53.9 Å². The molecule has 0 amide bonds. The minimum atomic E-state index is -0.465. The highest BCUT2D eigenvalue weighted by Gasteiger charge is 2.25. The van der Waals surface area contributed by atoms with E-state index in [-0.39, 0.29) is 6.10 Å². The predicted octanol–water partition coefficient (Wildman–Crippen LogP) is 3.11. The molecule has 0 saturated carbocycles. The van der Waals surface area contributed by atoms with E-state index < -0.39 is 5.54 Å². The molecule has 0 bridgehead atoms. The second-order valence-electron chi connectivity index (χ2n) is 5.44. The summed E-state index contributed by atoms with van der Waals surface area (Å²) in [7, 11) is 0. The lowest BCUT2D eigenvalue weighted by Gasteiger charge is -2.26. The molecule has 100 valence electrons. The molecule has 0 saturated heterocycles. The second kappa shape index (κ2) is 8.49. The van der Waals surface area contributed by atoms with Crippen LogP contribution in [0.4, 0.5) is 0 Å². The number of hydrogen-bond acceptors (Lipinski definition) is 3. The van der Waals surface area contributed by atoms with Gasteiger partial charge in [-0.25, -0.2) is 0 Å². The Balaban J connectivity index is 3.97. The van der Waals surface area contributed by atoms with Crippen molar-refractivity contribution in [3.05, 3.63) is 0 Å². The number of nitrogens with one attached hydrogen (secondary N) is 1. The maximum atomic E-state index is 9.21. The molecule has 0 aromatic carbocycles. The fourth-order valence-electron chi connectivity index (χ4n) is 1.70. The van der Waals surface area contributed by atoms with Gasteiger partial charge in [0.2, 0.25) is 0 Å². The molecule has 2 atom stereocenters. The molecule has 1 N–H and O–H groups in total. The molecule has 17 heavy (non-hydrogen) atoms. The Kier molecular flexibility index (Phi) is 8.20. The van der Waals surface area contributed by atoms with Gasteiger partial charge in [-0.05, 0) is 39.2 Å². The highest BCUT2D eigenvalue weighted by atomic mass is 16.5. The van der Waals surface area contributed by atoms with Crippen molar-refractivity contribution in [3.63, 3.8) is 0 Å². The van der Waals surface area contributed by atoms with E-state index in [1.807, 2.05) is 13.8 Å². The van der Waals surface area contributed by atoms with Gasteiger partial charge in [0.05, 0.1) is 12.2 Å². The van der Waals surface area contributed by atoms with Crippen LogP contribution in [0.25, 0.3) is 0 Å². The summed E-state index contributed by atoms with van der Waals surface area (Å²) in [5.41, 5.74) is -0.465. The predicted molar refractivity (Wildman–Crippen MR) is 71.8 cm³/mol. The Morgan fingerprint density at radius 1 is 1.35 bits per heavy atom. The first-order chi connectivity index (χ1) is 7.93. The van der Waals surface area contributed by atoms with Gasteiger partial charge >= 0.3 is 0 Å². The lowest BCUT2D eigenvalue weighted by atomic mass is 9.96. The molecule has 0 heterocycles. The molecular weight excluding hydrogens is 212 g/mol. The van der Waals surface area contributed by atoms with E-state index in [4.69, 9.17) is 4.74 Å². The molecule has 0 aromatic heterocycles. The van der Waals surface area contributed by atoms with Crippen LogP contribution in [-0.4, -0.2) is 24.8 Å². The molecule has 0 fully saturated rings. The third-order valence-electron chi connectivity index (χ3n) is 2.81. The summed E-state index contributed by atoms with van der Waals surface area (Å²) in [6.45, 7) is 12.1. The van der Waals surface area contributed by atoms with Crippen molar-refractivity contribution in [2.75, 3.05) is 13.2 Å². The molecule has 2 unspecified atom stereocenters. The van der Waals surface area contributed by atoms with E-state index in [0.717, 1.165) is 32.4 Å². The Morgan fingerprint density at radius 2 is 2.00 bits per heavy atom. The first-order valence-corrected chi connectivity index (χ1v) is 6.71. The number of ether oxygens (including phenoxy) is 1. The number of rotatable bonds is 9. The molecule has 0 spiro atoms. The molecule has 0 radical (unpaired) electrons. The number of nitriles is 1. The fourth-order valence-corrected chi connectivity index (χ4v) is 1.70. The molecular formula is C14H28N2O. The van der Waals surface area contributed by atoms with Crippen molar-refractivity contribution in [1.29, 1.82) is 5.26 Å². The molecule has 3 heteroatoms. The van der Waals surface area contributed by atoms with E-state index >= 15 is 0 Å². The summed E-state index contributed by atoms with van der Waals surface area (Å²) >= 11 is 0. The van der Waals surface area contributed by atoms with Crippen LogP contribution in [0.3, 0.4) is 0 Å². The van der Waals surface area contributed by atoms with Gasteiger partial charge in [-0.15, -0.1) is 0 Å². The number of hydrogen-bond donors (Lipinski definition) is 1. The maximum absolute atomic E-state index is 9.21. The zero-order valence-corrected chi connectivity index (χ0v) is 12.0. The summed E-state index contributed by atoms with van der Waals surface area (Å²) in [6.07, 6.45) is 2.99. The lowest BCUT2D eigenvalue weighted by molar-refractivity contribution is 0.0415. The van der Waals surface area contributed by atoms with Crippen LogP contribution >= 0.6 is 0 Å². The summed E-state index contributed by atoms with van der Waals surface area (Å²) in [6, 6.07) is 2.35. The van der Waals surface area contributed by atoms with Gasteiger partial charge < -0.3 is 4.74 Å². The minimum Gasteiger partial charge on any atom is -0.378 e. The van der Waals surface area contributed by atoms with Gasteiger partial charge in [0.25, 0.3) is 0 Å². The third kappa shape index (κ3) is 8.18. The third-order valence-corrected chi connectivity index (χ3v) is 2.81. The van der Waals surface area contributed by atoms with E-state index in [1.54, 1.807) is 0 Å². The molecule has 0 rings (SSSR count). The standard InChI is InChI=1S/C14H28N2O/c1-6-8-16-14(5,11-15)10-13(4)17-9-7-12(2)3/h12-13,16H,6-10H2,1-5H3. The van der Waals surface area contributed by atoms with Gasteiger partial charge in [0, 0.05) is 13.0 Å². The lowest BCUT2D eigenvalue weighted by Crippen LogP contribution is -2.44. The van der Waals surface area contributed by atoms with Crippen LogP contribution in [0.2, 0.25) is 0 Å². The minimum absolute atomic E-state index is 0.128. The van der Waals surface area contributed by atoms with E-state index in [0.29, 0.717) is 5.92 Å². The molecule has 0 aliphatic carbocycles. The zero-order valence-electron chi connectivity index (χ0n) is 12.0. The average Bonchev–Trinajstić information content (AvgIpc) is 2.26. The molecule has 0 aromatic rings. The van der Waals surface area contributed by atoms with Crippen molar-refractivity contribution in [2.24, 2.45) is 5.92 Å². The van der Waals surface area contributed by atoms with Crippen molar-refractivity contribution in [2.45, 2.75) is 65.5 Å². The van der Waals surface area contributed by atoms with Gasteiger partial charge in [-0.1, -0.05) is 20.8 Å². The van der Waals surface area contributed by atoms with E-state index in [2.05, 4.69) is 32.2 Å². The van der Waals surface area contributed by atoms with Crippen molar-refractivity contribution in [3.8, 4) is 6.07 Å². The van der Waals surface area contributed by atoms with Crippen LogP contribution in [0.5, 0.6) is 0 Å². The van der Waals surface area contributed by atoms with Crippen molar-refractivity contribution < 1.29 is 4.74 Å². The maximum Gasteiger partial charge on any atom is 0.106 e. The second-order valence-corrected chi connectivity index (χ2v) is 5.44. The Bertz CT molecular complexity index is 235. The molecule has 0 aliphatic rings. The highest BCUT2D eigenvalue weighted by Crippen LogP contribution is 2.14. The quantitative estimate of drug-likeness (QED) is 0.673. The smallest absolute Gasteiger partial charge is 0.106 e. The van der Waals surface area contributed by atoms with Crippen LogP contribution in [0, 0.1) is 17.2 Å². The van der Waals surface area contributed by atoms with Gasteiger partial charge in [0.15, 0.2) is 0 Å². The summed E-state index contributed by atoms with van der Waals surface area (Å²) in [4.78, 5) is 0. The topological polar surface area (TPSA) is 45.0 Å². The van der Waals surface area contributed by atoms with Gasteiger partial charge in [0.1, 0.15) is 5.54 Å². The normalized spacial score (nSPS) is 16.5. The summed E-state index contributed by atoms with van der Waals surface area (Å²) in [5.74, 6) is 0.669. The highest BCUT2D eigenvalue weighted by molar-refractivity contribution is 5.04. The van der Waals surface area contributed by atoms with E-state index in [9.17, 15) is 5.26 Å². The summed E-state index contributed by atoms with van der Waals surface area (Å²) < 4.78 is 5.74. The van der Waals surface area contributed by atoms with Crippen LogP contribution < -0.4 is 5.32 Å². The fraction of sp³-hybridized carbons (Fsp3) is 0.929. The van der Waals surface area contributed by atoms with E-state index in [1.165, 1.54) is 0 Å². The Labute approximate surface area is 107 Å². The number of nitrogens with zero attached hydrogens (tertiary/aromatic N) is 1. The Hall–Kier alpha value is -0.590. The SMILES string of the molecule is CCCNC(C)(C#N)CC(C)OCCC(C)C. The average molecular weight is 240 g/mol. The largest absolute Gasteiger partial charge is 0.378 e. The van der Waals surface area contributed by atoms with Crippen molar-refractivity contribution in [1.82, 2.24) is 5.32 Å². The first-order valence-electron chi connectivity index (χ1n) is 6.71. The monoisotopic (exact) mass is 240 g/mol. The van der Waals surface area contributed by atoms with Crippen LogP contribution in [0.15, 0.2) is 0 Å². The van der Waals surface area contributed by atoms with Crippen LogP contribution in [-0.2, 0) is 4.74 Å². The van der Waals surface area contributed by atoms with Crippen molar-refractivity contribution >= 4 is 0 Å².